The fourth-order valence-corrected chi connectivity index (χ4v) is 5.91. The second kappa shape index (κ2) is 15.3. The molecule has 0 saturated carbocycles. The van der Waals surface area contributed by atoms with Gasteiger partial charge >= 0.3 is 49.7 Å². The van der Waals surface area contributed by atoms with Crippen LogP contribution in [0.1, 0.15) is 37.6 Å². The van der Waals surface area contributed by atoms with E-state index < -0.39 is 76.2 Å². The summed E-state index contributed by atoms with van der Waals surface area (Å²) in [6, 6.07) is 10.2. The average Bonchev–Trinajstić information content (AvgIpc) is 3.22. The van der Waals surface area contributed by atoms with E-state index >= 15 is 0 Å². The van der Waals surface area contributed by atoms with E-state index in [-0.39, 0.29) is 85.6 Å². The molecule has 2 aromatic rings. The van der Waals surface area contributed by atoms with Crippen molar-refractivity contribution in [3.8, 4) is 22.5 Å². The minimum Gasteiger partial charge on any atom is -0.744 e. The molecule has 2 aromatic carbocycles. The quantitative estimate of drug-likeness (QED) is 0.0598. The third-order valence-electron chi connectivity index (χ3n) is 6.15. The molecule has 47 heavy (non-hydrogen) atoms. The average molecular weight is 676 g/mol. The molecule has 16 nitrogen and oxygen atoms in total. The van der Waals surface area contributed by atoms with E-state index in [0.29, 0.717) is 5.06 Å². The van der Waals surface area contributed by atoms with Gasteiger partial charge in [0.2, 0.25) is 0 Å². The smallest absolute Gasteiger partial charge is 0.744 e. The number of imide groups is 1. The number of fused-ring (bicyclic) bond motifs is 2. The Bertz CT molecular complexity index is 2130. The number of aromatic carboxylic acids is 1. The summed E-state index contributed by atoms with van der Waals surface area (Å²) in [4.78, 5) is 45.9. The molecule has 0 radical (unpaired) electrons. The van der Waals surface area contributed by atoms with Crippen LogP contribution < -0.4 is 48.8 Å². The van der Waals surface area contributed by atoms with Crippen LogP contribution in [0.2, 0.25) is 0 Å². The van der Waals surface area contributed by atoms with Gasteiger partial charge < -0.3 is 29.2 Å². The predicted octanol–water partition coefficient (Wildman–Crippen LogP) is -3.97. The Morgan fingerprint density at radius 3 is 1.98 bits per heavy atom. The first-order chi connectivity index (χ1) is 20.4. The molecule has 0 spiro atoms. The largest absolute Gasteiger partial charge is 1.00 e. The minimum atomic E-state index is -5.32. The molecule has 0 atom stereocenters. The molecule has 4 N–H and O–H groups in total. The number of hydroxylamine groups is 2. The summed E-state index contributed by atoms with van der Waals surface area (Å²) in [6.45, 7) is 1.14. The summed E-state index contributed by atoms with van der Waals surface area (Å²) < 4.78 is 77.2. The van der Waals surface area contributed by atoms with Crippen molar-refractivity contribution in [2.45, 2.75) is 37.0 Å². The SMILES string of the molecule is C.CC(=O)ON1C(=O)CCC1=O.N=c1ccc2c(-c3ccccc3C(=O)O)c3ccc(N)c(S(=O)(=O)[O-])c3oc-2c1S(=O)(=O)[O-].[Li+].[Li+]. The monoisotopic (exact) mass is 675 g/mol. The van der Waals surface area contributed by atoms with Crippen LogP contribution >= 0.6 is 0 Å². The van der Waals surface area contributed by atoms with Crippen LogP contribution in [0, 0.1) is 5.41 Å². The number of nitrogens with zero attached hydrogens (tertiary/aromatic N) is 1. The van der Waals surface area contributed by atoms with Gasteiger partial charge in [0.15, 0.2) is 11.3 Å². The van der Waals surface area contributed by atoms with E-state index in [9.17, 15) is 50.2 Å². The normalized spacial score (nSPS) is 12.7. The number of carbonyl (C=O) groups is 4. The van der Waals surface area contributed by atoms with Crippen LogP contribution in [-0.4, -0.2) is 59.9 Å². The van der Waals surface area contributed by atoms with Crippen molar-refractivity contribution in [3.05, 3.63) is 59.5 Å². The maximum Gasteiger partial charge on any atom is 1.00 e. The van der Waals surface area contributed by atoms with Gasteiger partial charge in [0.25, 0.3) is 11.8 Å². The van der Waals surface area contributed by atoms with E-state index in [2.05, 4.69) is 4.84 Å². The zero-order valence-corrected chi connectivity index (χ0v) is 25.9. The van der Waals surface area contributed by atoms with Crippen molar-refractivity contribution in [2.24, 2.45) is 0 Å². The van der Waals surface area contributed by atoms with Gasteiger partial charge in [-0.25, -0.2) is 26.4 Å². The Labute approximate surface area is 291 Å². The summed E-state index contributed by atoms with van der Waals surface area (Å²) in [5, 5.41) is 17.2. The van der Waals surface area contributed by atoms with Crippen molar-refractivity contribution in [2.75, 3.05) is 5.73 Å². The predicted molar refractivity (Wildman–Crippen MR) is 151 cm³/mol. The Kier molecular flexibility index (Phi) is 13.3. The number of anilines is 1. The van der Waals surface area contributed by atoms with Crippen molar-refractivity contribution in [1.29, 1.82) is 5.41 Å². The van der Waals surface area contributed by atoms with Gasteiger partial charge in [-0.05, 0) is 35.9 Å². The number of carbonyl (C=O) groups excluding carboxylic acids is 3. The molecule has 1 saturated heterocycles. The van der Waals surface area contributed by atoms with E-state index in [4.69, 9.17) is 15.6 Å². The molecule has 0 unspecified atom stereocenters. The number of nitrogens with two attached hydrogens (primary N) is 1. The zero-order chi connectivity index (χ0) is 32.7. The molecule has 1 fully saturated rings. The van der Waals surface area contributed by atoms with Gasteiger partial charge in [0, 0.05) is 36.3 Å². The van der Waals surface area contributed by atoms with Crippen LogP contribution in [0.4, 0.5) is 5.69 Å². The van der Waals surface area contributed by atoms with E-state index in [1.807, 2.05) is 0 Å². The van der Waals surface area contributed by atoms with Crippen LogP contribution in [0.5, 0.6) is 0 Å². The fraction of sp³-hybridized carbons (Fsp3) is 0.148. The Morgan fingerprint density at radius 2 is 1.47 bits per heavy atom. The fourth-order valence-electron chi connectivity index (χ4n) is 4.45. The molecule has 5 rings (SSSR count). The van der Waals surface area contributed by atoms with Gasteiger partial charge in [-0.15, -0.1) is 5.06 Å². The molecule has 2 amide bonds. The number of carboxylic acid groups (broad SMARTS) is 1. The van der Waals surface area contributed by atoms with Crippen molar-refractivity contribution >= 4 is 60.6 Å². The van der Waals surface area contributed by atoms with Gasteiger partial charge in [0.05, 0.1) is 16.6 Å². The molecule has 2 heterocycles. The van der Waals surface area contributed by atoms with Crippen LogP contribution in [0.25, 0.3) is 33.4 Å². The molecule has 20 heteroatoms. The maximum atomic E-state index is 12.0. The first kappa shape index (κ1) is 41.0. The van der Waals surface area contributed by atoms with Crippen LogP contribution in [0.15, 0.2) is 62.7 Å². The van der Waals surface area contributed by atoms with E-state index in [1.54, 1.807) is 0 Å². The third kappa shape index (κ3) is 8.31. The Morgan fingerprint density at radius 1 is 0.915 bits per heavy atom. The number of hydrogen-bond donors (Lipinski definition) is 3. The first-order valence-corrected chi connectivity index (χ1v) is 14.9. The Hall–Kier alpha value is -3.98. The molecular weight excluding hydrogens is 652 g/mol. The second-order valence-corrected chi connectivity index (χ2v) is 11.7. The summed E-state index contributed by atoms with van der Waals surface area (Å²) in [7, 11) is -10.6. The van der Waals surface area contributed by atoms with Crippen molar-refractivity contribution in [1.82, 2.24) is 5.06 Å². The molecule has 0 aromatic heterocycles. The summed E-state index contributed by atoms with van der Waals surface area (Å²) in [5.41, 5.74) is 4.15. The zero-order valence-electron chi connectivity index (χ0n) is 24.2. The van der Waals surface area contributed by atoms with Crippen LogP contribution in [0.3, 0.4) is 0 Å². The minimum absolute atomic E-state index is 0. The number of amides is 2. The van der Waals surface area contributed by atoms with Gasteiger partial charge in [-0.2, -0.15) is 0 Å². The molecule has 238 valence electrons. The summed E-state index contributed by atoms with van der Waals surface area (Å²) in [6.07, 6.45) is 0.262. The molecule has 2 aliphatic heterocycles. The van der Waals surface area contributed by atoms with Gasteiger partial charge in [0.1, 0.15) is 30.0 Å². The second-order valence-electron chi connectivity index (χ2n) is 9.08. The molecule has 3 aliphatic rings. The Balaban J connectivity index is 0.000000676. The van der Waals surface area contributed by atoms with E-state index in [1.165, 1.54) is 36.4 Å². The number of rotatable bonds is 5. The number of carboxylic acids is 1. The number of benzene rings is 3. The van der Waals surface area contributed by atoms with Crippen molar-refractivity contribution in [3.63, 3.8) is 0 Å². The van der Waals surface area contributed by atoms with Gasteiger partial charge in [-0.3, -0.25) is 15.0 Å². The molecular formula is C27H23Li2N3O13S2. The first-order valence-electron chi connectivity index (χ1n) is 12.1. The van der Waals surface area contributed by atoms with Crippen LogP contribution in [-0.2, 0) is 39.5 Å². The van der Waals surface area contributed by atoms with Crippen molar-refractivity contribution < 1.29 is 97.2 Å². The number of nitrogens with one attached hydrogen (secondary N) is 1. The maximum absolute atomic E-state index is 12.0. The molecule has 1 aliphatic carbocycles. The summed E-state index contributed by atoms with van der Waals surface area (Å²) >= 11 is 0. The van der Waals surface area contributed by atoms with E-state index in [0.717, 1.165) is 19.1 Å². The number of nitrogen functional groups attached to an aromatic ring is 1. The number of hydrogen-bond acceptors (Lipinski definition) is 14. The van der Waals surface area contributed by atoms with Gasteiger partial charge in [-0.1, -0.05) is 25.6 Å². The summed E-state index contributed by atoms with van der Waals surface area (Å²) in [5.74, 6) is -3.63. The third-order valence-corrected chi connectivity index (χ3v) is 7.98. The topological polar surface area (TPSA) is 278 Å². The molecule has 0 bridgehead atoms. The standard InChI is InChI=1S/C20H14N2O9S2.C6H7NO4.CH4.2Li/c21-13-7-5-11-15(9-3-1-2-4-10(9)20(23)24)12-6-8-14(22)19(33(28,29)30)17(12)31-16(11)18(13)32(25,26)27;1-4(8)11-7-5(9)2-3-6(7)10;;;/h1-8,21H,22H2,(H,23,24)(H,25,26,27)(H,28,29,30);2-3H2,1H3;1H4;;/q;;;2*+1/p-2.